The number of hydrogen-bond donors (Lipinski definition) is 1. The van der Waals surface area contributed by atoms with Crippen molar-refractivity contribution >= 4 is 29.0 Å². The highest BCUT2D eigenvalue weighted by molar-refractivity contribution is 6.33. The van der Waals surface area contributed by atoms with Crippen molar-refractivity contribution in [1.29, 1.82) is 0 Å². The van der Waals surface area contributed by atoms with Crippen LogP contribution in [-0.4, -0.2) is 37.2 Å². The minimum atomic E-state index is -4.50. The van der Waals surface area contributed by atoms with Crippen molar-refractivity contribution in [3.63, 3.8) is 0 Å². The van der Waals surface area contributed by atoms with Crippen molar-refractivity contribution in [3.05, 3.63) is 41.0 Å². The molecule has 1 aromatic carbocycles. The number of amides is 1. The Kier molecular flexibility index (Phi) is 7.71. The number of benzene rings is 1. The number of anilines is 2. The van der Waals surface area contributed by atoms with E-state index in [1.165, 1.54) is 0 Å². The fourth-order valence-electron chi connectivity index (χ4n) is 3.55. The van der Waals surface area contributed by atoms with Gasteiger partial charge in [0.25, 0.3) is 0 Å². The molecule has 174 valence electrons. The molecular weight excluding hydrogens is 447 g/mol. The maximum absolute atomic E-state index is 12.9. The van der Waals surface area contributed by atoms with Crippen molar-refractivity contribution in [2.75, 3.05) is 36.5 Å². The van der Waals surface area contributed by atoms with Gasteiger partial charge in [0.05, 0.1) is 29.5 Å². The Bertz CT molecular complexity index is 948. The van der Waals surface area contributed by atoms with E-state index in [1.807, 2.05) is 13.8 Å². The molecule has 1 amide bonds. The number of aromatic nitrogens is 1. The Morgan fingerprint density at radius 3 is 2.47 bits per heavy atom. The molecule has 0 aliphatic carbocycles. The molecule has 32 heavy (non-hydrogen) atoms. The highest BCUT2D eigenvalue weighted by Crippen LogP contribution is 2.35. The number of rotatable bonds is 7. The number of hydrogen-bond acceptors (Lipinski definition) is 5. The zero-order valence-electron chi connectivity index (χ0n) is 17.8. The summed E-state index contributed by atoms with van der Waals surface area (Å²) in [4.78, 5) is 18.6. The van der Waals surface area contributed by atoms with E-state index in [9.17, 15) is 18.0 Å². The van der Waals surface area contributed by atoms with Gasteiger partial charge < -0.3 is 19.7 Å². The number of piperidine rings is 1. The summed E-state index contributed by atoms with van der Waals surface area (Å²) in [7, 11) is 0. The largest absolute Gasteiger partial charge is 0.494 e. The number of carbonyl (C=O) groups is 1. The fourth-order valence-corrected chi connectivity index (χ4v) is 3.84. The number of ether oxygens (including phenoxy) is 2. The summed E-state index contributed by atoms with van der Waals surface area (Å²) in [6.07, 6.45) is -2.69. The van der Waals surface area contributed by atoms with Crippen LogP contribution in [0.1, 0.15) is 32.3 Å². The molecule has 0 unspecified atom stereocenters. The van der Waals surface area contributed by atoms with Crippen molar-refractivity contribution < 1.29 is 27.4 Å². The molecule has 0 bridgehead atoms. The first-order valence-electron chi connectivity index (χ1n) is 10.4. The van der Waals surface area contributed by atoms with Gasteiger partial charge in [0.1, 0.15) is 17.3 Å². The molecule has 10 heteroatoms. The third-order valence-corrected chi connectivity index (χ3v) is 5.41. The van der Waals surface area contributed by atoms with Gasteiger partial charge in [-0.15, -0.1) is 0 Å². The van der Waals surface area contributed by atoms with Crippen LogP contribution < -0.4 is 19.7 Å². The summed E-state index contributed by atoms with van der Waals surface area (Å²) < 4.78 is 49.6. The average molecular weight is 472 g/mol. The molecule has 0 atom stereocenters. The summed E-state index contributed by atoms with van der Waals surface area (Å²) in [5, 5.41) is 2.87. The fraction of sp³-hybridized carbons (Fsp3) is 0.455. The second kappa shape index (κ2) is 10.3. The van der Waals surface area contributed by atoms with Gasteiger partial charge in [0.2, 0.25) is 5.91 Å². The maximum atomic E-state index is 12.9. The average Bonchev–Trinajstić information content (AvgIpc) is 2.75. The van der Waals surface area contributed by atoms with Gasteiger partial charge in [-0.25, -0.2) is 4.98 Å². The van der Waals surface area contributed by atoms with E-state index in [4.69, 9.17) is 21.1 Å². The van der Waals surface area contributed by atoms with Crippen LogP contribution >= 0.6 is 11.6 Å². The summed E-state index contributed by atoms with van der Waals surface area (Å²) in [6.45, 7) is 5.59. The zero-order chi connectivity index (χ0) is 23.3. The van der Waals surface area contributed by atoms with Gasteiger partial charge in [-0.3, -0.25) is 4.79 Å². The quantitative estimate of drug-likeness (QED) is 0.585. The van der Waals surface area contributed by atoms with Crippen LogP contribution in [0.2, 0.25) is 5.02 Å². The molecule has 1 aliphatic rings. The van der Waals surface area contributed by atoms with Crippen molar-refractivity contribution in [1.82, 2.24) is 4.98 Å². The van der Waals surface area contributed by atoms with Gasteiger partial charge in [0.15, 0.2) is 0 Å². The number of nitrogens with one attached hydrogen (secondary N) is 1. The van der Waals surface area contributed by atoms with E-state index in [1.54, 1.807) is 23.1 Å². The van der Waals surface area contributed by atoms with Crippen LogP contribution in [0.4, 0.5) is 24.7 Å². The number of carbonyl (C=O) groups excluding carboxylic acids is 1. The Labute approximate surface area is 189 Å². The maximum Gasteiger partial charge on any atom is 0.417 e. The lowest BCUT2D eigenvalue weighted by Crippen LogP contribution is -2.38. The van der Waals surface area contributed by atoms with Crippen LogP contribution in [0.5, 0.6) is 11.5 Å². The molecule has 1 N–H and O–H groups in total. The topological polar surface area (TPSA) is 63.7 Å². The first-order chi connectivity index (χ1) is 15.2. The van der Waals surface area contributed by atoms with Crippen LogP contribution in [0.25, 0.3) is 0 Å². The second-order valence-electron chi connectivity index (χ2n) is 7.30. The monoisotopic (exact) mass is 471 g/mol. The molecule has 0 radical (unpaired) electrons. The van der Waals surface area contributed by atoms with Crippen molar-refractivity contribution in [2.45, 2.75) is 32.9 Å². The Morgan fingerprint density at radius 1 is 1.19 bits per heavy atom. The van der Waals surface area contributed by atoms with Crippen LogP contribution in [0.3, 0.4) is 0 Å². The number of alkyl halides is 3. The van der Waals surface area contributed by atoms with Gasteiger partial charge in [-0.05, 0) is 44.9 Å². The molecule has 6 nitrogen and oxygen atoms in total. The number of pyridine rings is 1. The van der Waals surface area contributed by atoms with Gasteiger partial charge >= 0.3 is 6.18 Å². The smallest absolute Gasteiger partial charge is 0.417 e. The van der Waals surface area contributed by atoms with Gasteiger partial charge in [-0.1, -0.05) is 11.6 Å². The number of nitrogens with zero attached hydrogens (tertiary/aromatic N) is 2. The molecule has 1 saturated heterocycles. The predicted octanol–water partition coefficient (Wildman–Crippen LogP) is 5.41. The molecule has 3 rings (SSSR count). The third kappa shape index (κ3) is 5.76. The summed E-state index contributed by atoms with van der Waals surface area (Å²) in [5.74, 6) is 1.07. The van der Waals surface area contributed by atoms with Gasteiger partial charge in [-0.2, -0.15) is 13.2 Å². The molecule has 1 aromatic heterocycles. The van der Waals surface area contributed by atoms with E-state index in [0.717, 1.165) is 12.3 Å². The van der Waals surface area contributed by atoms with E-state index >= 15 is 0 Å². The summed E-state index contributed by atoms with van der Waals surface area (Å²) >= 11 is 6.05. The lowest BCUT2D eigenvalue weighted by Gasteiger charge is -2.32. The Morgan fingerprint density at radius 2 is 1.88 bits per heavy atom. The third-order valence-electron chi connectivity index (χ3n) is 5.13. The minimum absolute atomic E-state index is 0.0585. The van der Waals surface area contributed by atoms with E-state index < -0.39 is 11.7 Å². The normalized spacial score (nSPS) is 14.9. The van der Waals surface area contributed by atoms with Crippen LogP contribution in [-0.2, 0) is 11.0 Å². The van der Waals surface area contributed by atoms with E-state index in [0.29, 0.717) is 62.1 Å². The zero-order valence-corrected chi connectivity index (χ0v) is 18.6. The Hall–Kier alpha value is -2.68. The first-order valence-corrected chi connectivity index (χ1v) is 10.8. The highest BCUT2D eigenvalue weighted by atomic mass is 35.5. The van der Waals surface area contributed by atoms with E-state index in [2.05, 4.69) is 10.3 Å². The molecule has 0 saturated carbocycles. The number of halogens is 4. The summed E-state index contributed by atoms with van der Waals surface area (Å²) in [6, 6.07) is 6.14. The highest BCUT2D eigenvalue weighted by Gasteiger charge is 2.33. The van der Waals surface area contributed by atoms with Crippen molar-refractivity contribution in [2.24, 2.45) is 5.92 Å². The molecule has 1 aliphatic heterocycles. The molecule has 0 spiro atoms. The van der Waals surface area contributed by atoms with E-state index in [-0.39, 0.29) is 16.8 Å². The summed E-state index contributed by atoms with van der Waals surface area (Å²) in [5.41, 5.74) is -0.349. The lowest BCUT2D eigenvalue weighted by molar-refractivity contribution is -0.137. The second-order valence-corrected chi connectivity index (χ2v) is 7.71. The van der Waals surface area contributed by atoms with Crippen molar-refractivity contribution in [3.8, 4) is 11.5 Å². The standard InChI is InChI=1S/C22H25ClF3N3O3/c1-3-31-16-5-6-19(32-4-2)18(12-16)28-21(30)14-7-9-29(10-8-14)20-17(23)11-15(13-27-20)22(24,25)26/h5-6,11-14H,3-4,7-10H2,1-2H3,(H,28,30). The Balaban J connectivity index is 1.64. The predicted molar refractivity (Wildman–Crippen MR) is 117 cm³/mol. The minimum Gasteiger partial charge on any atom is -0.494 e. The SMILES string of the molecule is CCOc1ccc(OCC)c(NC(=O)C2CCN(c3ncc(C(F)(F)F)cc3Cl)CC2)c1. The van der Waals surface area contributed by atoms with Gasteiger partial charge in [0, 0.05) is 31.3 Å². The first kappa shape index (κ1) is 24.0. The molecular formula is C22H25ClF3N3O3. The molecule has 2 heterocycles. The molecule has 1 fully saturated rings. The molecule has 2 aromatic rings. The van der Waals surface area contributed by atoms with Crippen LogP contribution in [0, 0.1) is 5.92 Å². The lowest BCUT2D eigenvalue weighted by atomic mass is 9.95. The van der Waals surface area contributed by atoms with Crippen LogP contribution in [0.15, 0.2) is 30.5 Å².